The lowest BCUT2D eigenvalue weighted by molar-refractivity contribution is 0.0530. The van der Waals surface area contributed by atoms with Crippen LogP contribution in [0.15, 0.2) is 24.3 Å². The third-order valence-electron chi connectivity index (χ3n) is 3.42. The first-order chi connectivity index (χ1) is 12.3. The highest BCUT2D eigenvalue weighted by atomic mass is 16.6. The molecule has 8 heteroatoms. The van der Waals surface area contributed by atoms with Crippen LogP contribution in [-0.4, -0.2) is 62.1 Å². The second-order valence-corrected chi connectivity index (χ2v) is 6.83. The van der Waals surface area contributed by atoms with E-state index in [1.165, 1.54) is 0 Å². The standard InChI is InChI=1S/C18H27N3O5/c1-18(2,3)26-17(23)20-14-5-4-6-15(13-14)25-10-7-19-16(22)21-8-11-24-12-9-21/h4-6,13H,7-12H2,1-3H3,(H,19,22)(H,20,23). The fourth-order valence-electron chi connectivity index (χ4n) is 2.29. The Balaban J connectivity index is 1.72. The van der Waals surface area contributed by atoms with Crippen molar-refractivity contribution in [2.45, 2.75) is 26.4 Å². The number of carbonyl (C=O) groups is 2. The van der Waals surface area contributed by atoms with Gasteiger partial charge in [0.1, 0.15) is 18.0 Å². The number of urea groups is 1. The van der Waals surface area contributed by atoms with Gasteiger partial charge in [0.2, 0.25) is 0 Å². The van der Waals surface area contributed by atoms with E-state index >= 15 is 0 Å². The zero-order chi connectivity index (χ0) is 19.0. The molecule has 0 bridgehead atoms. The number of nitrogens with zero attached hydrogens (tertiary/aromatic N) is 1. The van der Waals surface area contributed by atoms with Crippen LogP contribution in [0, 0.1) is 0 Å². The van der Waals surface area contributed by atoms with Gasteiger partial charge in [0.05, 0.1) is 19.8 Å². The van der Waals surface area contributed by atoms with E-state index < -0.39 is 11.7 Å². The topological polar surface area (TPSA) is 89.1 Å². The van der Waals surface area contributed by atoms with E-state index in [1.807, 2.05) is 0 Å². The summed E-state index contributed by atoms with van der Waals surface area (Å²) >= 11 is 0. The molecule has 2 N–H and O–H groups in total. The molecule has 8 nitrogen and oxygen atoms in total. The van der Waals surface area contributed by atoms with Gasteiger partial charge in [-0.3, -0.25) is 5.32 Å². The Morgan fingerprint density at radius 1 is 1.23 bits per heavy atom. The zero-order valence-electron chi connectivity index (χ0n) is 15.5. The third-order valence-corrected chi connectivity index (χ3v) is 3.42. The number of hydrogen-bond acceptors (Lipinski definition) is 5. The predicted octanol–water partition coefficient (Wildman–Crippen LogP) is 2.45. The molecule has 2 rings (SSSR count). The molecule has 0 unspecified atom stereocenters. The minimum Gasteiger partial charge on any atom is -0.492 e. The molecule has 144 valence electrons. The Labute approximate surface area is 153 Å². The third kappa shape index (κ3) is 7.18. The predicted molar refractivity (Wildman–Crippen MR) is 97.6 cm³/mol. The van der Waals surface area contributed by atoms with Crippen LogP contribution < -0.4 is 15.4 Å². The fourth-order valence-corrected chi connectivity index (χ4v) is 2.29. The summed E-state index contributed by atoms with van der Waals surface area (Å²) in [6.45, 7) is 8.47. The Hall–Kier alpha value is -2.48. The summed E-state index contributed by atoms with van der Waals surface area (Å²) in [6.07, 6.45) is -0.521. The molecule has 26 heavy (non-hydrogen) atoms. The molecule has 0 saturated carbocycles. The molecule has 0 spiro atoms. The molecule has 0 aliphatic carbocycles. The molecule has 1 heterocycles. The lowest BCUT2D eigenvalue weighted by atomic mass is 10.2. The fraction of sp³-hybridized carbons (Fsp3) is 0.556. The van der Waals surface area contributed by atoms with Crippen LogP contribution in [-0.2, 0) is 9.47 Å². The summed E-state index contributed by atoms with van der Waals surface area (Å²) in [7, 11) is 0. The van der Waals surface area contributed by atoms with Crippen LogP contribution in [0.1, 0.15) is 20.8 Å². The molecule has 1 aromatic carbocycles. The molecule has 1 saturated heterocycles. The van der Waals surface area contributed by atoms with Gasteiger partial charge in [-0.25, -0.2) is 9.59 Å². The normalized spacial score (nSPS) is 14.5. The largest absolute Gasteiger partial charge is 0.492 e. The van der Waals surface area contributed by atoms with Crippen molar-refractivity contribution in [3.63, 3.8) is 0 Å². The molecule has 1 aliphatic rings. The Morgan fingerprint density at radius 2 is 1.96 bits per heavy atom. The van der Waals surface area contributed by atoms with Gasteiger partial charge in [0.25, 0.3) is 0 Å². The first kappa shape index (κ1) is 19.8. The Bertz CT molecular complexity index is 609. The number of ether oxygens (including phenoxy) is 3. The van der Waals surface area contributed by atoms with Crippen LogP contribution in [0.3, 0.4) is 0 Å². The number of carbonyl (C=O) groups excluding carboxylic acids is 2. The molecule has 3 amide bonds. The van der Waals surface area contributed by atoms with E-state index in [9.17, 15) is 9.59 Å². The number of amides is 3. The second kappa shape index (κ2) is 9.28. The van der Waals surface area contributed by atoms with Crippen molar-refractivity contribution in [3.05, 3.63) is 24.3 Å². The van der Waals surface area contributed by atoms with E-state index in [-0.39, 0.29) is 6.03 Å². The zero-order valence-corrected chi connectivity index (χ0v) is 15.5. The molecule has 0 radical (unpaired) electrons. The highest BCUT2D eigenvalue weighted by molar-refractivity contribution is 5.85. The van der Waals surface area contributed by atoms with Crippen molar-refractivity contribution < 1.29 is 23.8 Å². The summed E-state index contributed by atoms with van der Waals surface area (Å²) in [5.74, 6) is 0.596. The van der Waals surface area contributed by atoms with Crippen molar-refractivity contribution in [1.82, 2.24) is 10.2 Å². The highest BCUT2D eigenvalue weighted by Gasteiger charge is 2.17. The van der Waals surface area contributed by atoms with Crippen molar-refractivity contribution in [3.8, 4) is 5.75 Å². The van der Waals surface area contributed by atoms with Crippen LogP contribution in [0.4, 0.5) is 15.3 Å². The quantitative estimate of drug-likeness (QED) is 0.783. The van der Waals surface area contributed by atoms with Gasteiger partial charge in [0.15, 0.2) is 0 Å². The van der Waals surface area contributed by atoms with Gasteiger partial charge in [-0.15, -0.1) is 0 Å². The minimum absolute atomic E-state index is 0.114. The number of morpholine rings is 1. The Kier molecular flexibility index (Phi) is 7.08. The van der Waals surface area contributed by atoms with E-state index in [4.69, 9.17) is 14.2 Å². The summed E-state index contributed by atoms with van der Waals surface area (Å²) in [6, 6.07) is 6.89. The van der Waals surface area contributed by atoms with Crippen LogP contribution in [0.25, 0.3) is 0 Å². The van der Waals surface area contributed by atoms with Gasteiger partial charge in [-0.1, -0.05) is 6.07 Å². The average molecular weight is 365 g/mol. The molecule has 1 aliphatic heterocycles. The monoisotopic (exact) mass is 365 g/mol. The number of benzene rings is 1. The number of rotatable bonds is 5. The number of nitrogens with one attached hydrogen (secondary N) is 2. The number of hydrogen-bond donors (Lipinski definition) is 2. The maximum absolute atomic E-state index is 11.9. The average Bonchev–Trinajstić information content (AvgIpc) is 2.58. The van der Waals surface area contributed by atoms with E-state index in [0.717, 1.165) is 0 Å². The van der Waals surface area contributed by atoms with Gasteiger partial charge in [-0.05, 0) is 32.9 Å². The van der Waals surface area contributed by atoms with Gasteiger partial charge in [-0.2, -0.15) is 0 Å². The maximum Gasteiger partial charge on any atom is 0.412 e. The smallest absolute Gasteiger partial charge is 0.412 e. The van der Waals surface area contributed by atoms with Crippen LogP contribution >= 0.6 is 0 Å². The highest BCUT2D eigenvalue weighted by Crippen LogP contribution is 2.18. The Morgan fingerprint density at radius 3 is 2.65 bits per heavy atom. The minimum atomic E-state index is -0.559. The second-order valence-electron chi connectivity index (χ2n) is 6.83. The molecular formula is C18H27N3O5. The van der Waals surface area contributed by atoms with Crippen molar-refractivity contribution in [2.24, 2.45) is 0 Å². The SMILES string of the molecule is CC(C)(C)OC(=O)Nc1cccc(OCCNC(=O)N2CCOCC2)c1. The summed E-state index contributed by atoms with van der Waals surface area (Å²) in [4.78, 5) is 25.4. The van der Waals surface area contributed by atoms with Crippen molar-refractivity contribution in [1.29, 1.82) is 0 Å². The molecule has 0 atom stereocenters. The maximum atomic E-state index is 11.9. The van der Waals surface area contributed by atoms with Gasteiger partial charge >= 0.3 is 12.1 Å². The first-order valence-electron chi connectivity index (χ1n) is 8.67. The van der Waals surface area contributed by atoms with E-state index in [2.05, 4.69) is 10.6 Å². The van der Waals surface area contributed by atoms with Gasteiger partial charge in [0, 0.05) is 24.8 Å². The molecule has 1 fully saturated rings. The van der Waals surface area contributed by atoms with E-state index in [0.29, 0.717) is 50.9 Å². The summed E-state index contributed by atoms with van der Waals surface area (Å²) in [5.41, 5.74) is 0.0192. The summed E-state index contributed by atoms with van der Waals surface area (Å²) in [5, 5.41) is 5.47. The lowest BCUT2D eigenvalue weighted by Gasteiger charge is -2.26. The van der Waals surface area contributed by atoms with Crippen LogP contribution in [0.2, 0.25) is 0 Å². The van der Waals surface area contributed by atoms with Crippen LogP contribution in [0.5, 0.6) is 5.75 Å². The van der Waals surface area contributed by atoms with E-state index in [1.54, 1.807) is 49.9 Å². The van der Waals surface area contributed by atoms with Crippen molar-refractivity contribution in [2.75, 3.05) is 44.8 Å². The molecule has 0 aromatic heterocycles. The first-order valence-corrected chi connectivity index (χ1v) is 8.67. The number of anilines is 1. The molecular weight excluding hydrogens is 338 g/mol. The lowest BCUT2D eigenvalue weighted by Crippen LogP contribution is -2.47. The summed E-state index contributed by atoms with van der Waals surface area (Å²) < 4.78 is 16.0. The van der Waals surface area contributed by atoms with Gasteiger partial charge < -0.3 is 24.4 Å². The molecule has 1 aromatic rings. The van der Waals surface area contributed by atoms with Crippen molar-refractivity contribution >= 4 is 17.8 Å².